The Labute approximate surface area is 94.1 Å². The van der Waals surface area contributed by atoms with E-state index < -0.39 is 0 Å². The van der Waals surface area contributed by atoms with Crippen LogP contribution in [0.15, 0.2) is 0 Å². The number of rotatable bonds is 5. The maximum Gasteiger partial charge on any atom is 0.0657 e. The van der Waals surface area contributed by atoms with Crippen LogP contribution in [-0.2, 0) is 4.74 Å². The number of hydrogen-bond donors (Lipinski definition) is 1. The number of nitrogens with one attached hydrogen (secondary N) is 1. The Bertz CT molecular complexity index is 202. The average Bonchev–Trinajstić information content (AvgIpc) is 2.09. The fourth-order valence-electron chi connectivity index (χ4n) is 2.01. The molecule has 1 aliphatic rings. The van der Waals surface area contributed by atoms with Gasteiger partial charge >= 0.3 is 0 Å². The van der Waals surface area contributed by atoms with E-state index in [1.165, 1.54) is 0 Å². The van der Waals surface area contributed by atoms with Gasteiger partial charge in [-0.05, 0) is 12.3 Å². The highest BCUT2D eigenvalue weighted by atomic mass is 16.5. The highest BCUT2D eigenvalue weighted by Gasteiger charge is 2.49. The van der Waals surface area contributed by atoms with Crippen molar-refractivity contribution in [3.63, 3.8) is 0 Å². The van der Waals surface area contributed by atoms with Crippen molar-refractivity contribution in [2.24, 2.45) is 11.3 Å². The molecule has 0 aromatic carbocycles. The second-order valence-corrected chi connectivity index (χ2v) is 5.85. The molecular formula is C12H26N2O. The van der Waals surface area contributed by atoms with E-state index in [1.54, 1.807) is 0 Å². The van der Waals surface area contributed by atoms with Gasteiger partial charge in [-0.3, -0.25) is 10.4 Å². The number of hydrazine groups is 1. The monoisotopic (exact) mass is 214 g/mol. The van der Waals surface area contributed by atoms with E-state index in [1.807, 2.05) is 19.1 Å². The molecule has 0 heterocycles. The van der Waals surface area contributed by atoms with Crippen molar-refractivity contribution >= 4 is 0 Å². The molecule has 15 heavy (non-hydrogen) atoms. The van der Waals surface area contributed by atoms with Crippen LogP contribution < -0.4 is 5.43 Å². The predicted octanol–water partition coefficient (Wildman–Crippen LogP) is 1.89. The number of ether oxygens (including phenoxy) is 1. The largest absolute Gasteiger partial charge is 0.377 e. The van der Waals surface area contributed by atoms with Crippen molar-refractivity contribution in [2.75, 3.05) is 20.7 Å². The van der Waals surface area contributed by atoms with E-state index in [9.17, 15) is 0 Å². The smallest absolute Gasteiger partial charge is 0.0657 e. The molecule has 1 rings (SSSR count). The van der Waals surface area contributed by atoms with Crippen molar-refractivity contribution in [1.82, 2.24) is 10.4 Å². The number of nitrogens with zero attached hydrogens (tertiary/aromatic N) is 1. The maximum atomic E-state index is 5.91. The maximum absolute atomic E-state index is 5.91. The van der Waals surface area contributed by atoms with Crippen LogP contribution >= 0.6 is 0 Å². The quantitative estimate of drug-likeness (QED) is 0.707. The third-order valence-corrected chi connectivity index (χ3v) is 3.22. The van der Waals surface area contributed by atoms with Gasteiger partial charge in [0.1, 0.15) is 0 Å². The number of hydrogen-bond acceptors (Lipinski definition) is 3. The zero-order valence-electron chi connectivity index (χ0n) is 11.0. The minimum absolute atomic E-state index is 0.249. The van der Waals surface area contributed by atoms with Crippen molar-refractivity contribution in [1.29, 1.82) is 0 Å². The van der Waals surface area contributed by atoms with Crippen molar-refractivity contribution in [3.8, 4) is 0 Å². The van der Waals surface area contributed by atoms with E-state index in [2.05, 4.69) is 33.1 Å². The predicted molar refractivity (Wildman–Crippen MR) is 63.6 cm³/mol. The Kier molecular flexibility index (Phi) is 4.15. The first-order valence-electron chi connectivity index (χ1n) is 5.89. The standard InChI is InChI=1S/C12H26N2O/c1-9(2)8-15-11-7-10(12(11,3)4)13-14(5)6/h9-11,13H,7-8H2,1-6H3. The van der Waals surface area contributed by atoms with Crippen LogP contribution in [0.4, 0.5) is 0 Å². The fourth-order valence-corrected chi connectivity index (χ4v) is 2.01. The van der Waals surface area contributed by atoms with Crippen LogP contribution in [0.2, 0.25) is 0 Å². The second-order valence-electron chi connectivity index (χ2n) is 5.85. The Morgan fingerprint density at radius 3 is 2.40 bits per heavy atom. The SMILES string of the molecule is CC(C)COC1CC(NN(C)C)C1(C)C. The Morgan fingerprint density at radius 1 is 1.40 bits per heavy atom. The third-order valence-electron chi connectivity index (χ3n) is 3.22. The van der Waals surface area contributed by atoms with Gasteiger partial charge in [-0.25, -0.2) is 0 Å². The zero-order chi connectivity index (χ0) is 11.6. The van der Waals surface area contributed by atoms with Crippen molar-refractivity contribution in [3.05, 3.63) is 0 Å². The molecule has 0 amide bonds. The summed E-state index contributed by atoms with van der Waals surface area (Å²) in [7, 11) is 4.08. The Hall–Kier alpha value is -0.120. The normalized spacial score (nSPS) is 29.6. The molecular weight excluding hydrogens is 188 g/mol. The molecule has 1 aliphatic carbocycles. The molecule has 0 spiro atoms. The van der Waals surface area contributed by atoms with Crippen LogP contribution in [0, 0.1) is 11.3 Å². The average molecular weight is 214 g/mol. The summed E-state index contributed by atoms with van der Waals surface area (Å²) < 4.78 is 5.91. The molecule has 90 valence electrons. The molecule has 0 saturated heterocycles. The zero-order valence-corrected chi connectivity index (χ0v) is 11.0. The van der Waals surface area contributed by atoms with E-state index >= 15 is 0 Å². The molecule has 3 heteroatoms. The van der Waals surface area contributed by atoms with Gasteiger partial charge in [0.2, 0.25) is 0 Å². The first-order chi connectivity index (χ1) is 6.84. The lowest BCUT2D eigenvalue weighted by atomic mass is 9.64. The molecule has 0 aromatic heterocycles. The minimum atomic E-state index is 0.249. The van der Waals surface area contributed by atoms with Crippen LogP contribution in [0.5, 0.6) is 0 Å². The summed E-state index contributed by atoms with van der Waals surface area (Å²) in [5, 5.41) is 2.03. The van der Waals surface area contributed by atoms with Gasteiger partial charge in [-0.15, -0.1) is 0 Å². The topological polar surface area (TPSA) is 24.5 Å². The highest BCUT2D eigenvalue weighted by molar-refractivity contribution is 5.02. The minimum Gasteiger partial charge on any atom is -0.377 e. The molecule has 1 N–H and O–H groups in total. The van der Waals surface area contributed by atoms with Gasteiger partial charge in [0.05, 0.1) is 6.10 Å². The second kappa shape index (κ2) is 4.81. The molecule has 1 fully saturated rings. The molecule has 0 radical (unpaired) electrons. The molecule has 2 atom stereocenters. The first-order valence-corrected chi connectivity index (χ1v) is 5.89. The first kappa shape index (κ1) is 12.9. The molecule has 1 saturated carbocycles. The molecule has 0 bridgehead atoms. The third kappa shape index (κ3) is 3.16. The fraction of sp³-hybridized carbons (Fsp3) is 1.00. The van der Waals surface area contributed by atoms with Crippen LogP contribution in [0.1, 0.15) is 34.1 Å². The van der Waals surface area contributed by atoms with Gasteiger partial charge in [-0.2, -0.15) is 0 Å². The van der Waals surface area contributed by atoms with Gasteiger partial charge in [-0.1, -0.05) is 27.7 Å². The van der Waals surface area contributed by atoms with Crippen LogP contribution in [0.3, 0.4) is 0 Å². The van der Waals surface area contributed by atoms with E-state index in [-0.39, 0.29) is 5.41 Å². The van der Waals surface area contributed by atoms with Crippen molar-refractivity contribution in [2.45, 2.75) is 46.3 Å². The highest BCUT2D eigenvalue weighted by Crippen LogP contribution is 2.42. The summed E-state index contributed by atoms with van der Waals surface area (Å²) in [4.78, 5) is 0. The molecule has 2 unspecified atom stereocenters. The summed E-state index contributed by atoms with van der Waals surface area (Å²) in [6.07, 6.45) is 1.54. The van der Waals surface area contributed by atoms with E-state index in [4.69, 9.17) is 4.74 Å². The molecule has 3 nitrogen and oxygen atoms in total. The van der Waals surface area contributed by atoms with Gasteiger partial charge in [0.15, 0.2) is 0 Å². The Morgan fingerprint density at radius 2 is 2.00 bits per heavy atom. The lowest BCUT2D eigenvalue weighted by Gasteiger charge is -2.52. The summed E-state index contributed by atoms with van der Waals surface area (Å²) in [5.41, 5.74) is 3.69. The Balaban J connectivity index is 2.34. The summed E-state index contributed by atoms with van der Waals surface area (Å²) in [5.74, 6) is 0.627. The molecule has 0 aromatic rings. The van der Waals surface area contributed by atoms with Gasteiger partial charge in [0.25, 0.3) is 0 Å². The summed E-state index contributed by atoms with van der Waals surface area (Å²) >= 11 is 0. The molecule has 0 aliphatic heterocycles. The van der Waals surface area contributed by atoms with E-state index in [0.717, 1.165) is 13.0 Å². The lowest BCUT2D eigenvalue weighted by molar-refractivity contribution is -0.135. The lowest BCUT2D eigenvalue weighted by Crippen LogP contribution is -2.63. The van der Waals surface area contributed by atoms with Gasteiger partial charge in [0, 0.05) is 32.2 Å². The van der Waals surface area contributed by atoms with Crippen molar-refractivity contribution < 1.29 is 4.74 Å². The summed E-state index contributed by atoms with van der Waals surface area (Å²) in [6, 6.07) is 0.546. The van der Waals surface area contributed by atoms with Crippen LogP contribution in [0.25, 0.3) is 0 Å². The van der Waals surface area contributed by atoms with Crippen LogP contribution in [-0.4, -0.2) is 37.9 Å². The van der Waals surface area contributed by atoms with Gasteiger partial charge < -0.3 is 4.74 Å². The summed E-state index contributed by atoms with van der Waals surface area (Å²) in [6.45, 7) is 9.83. The van der Waals surface area contributed by atoms with E-state index in [0.29, 0.717) is 18.1 Å².